The summed E-state index contributed by atoms with van der Waals surface area (Å²) in [6.07, 6.45) is -3.77. The summed E-state index contributed by atoms with van der Waals surface area (Å²) in [6.45, 7) is 1.11. The Labute approximate surface area is 345 Å². The largest absolute Gasteiger partial charge is 0.472 e. The van der Waals surface area contributed by atoms with Gasteiger partial charge in [-0.05, 0) is 54.5 Å². The molecule has 18 heteroatoms. The molecule has 0 spiro atoms. The molecule has 0 fully saturated rings. The van der Waals surface area contributed by atoms with Crippen molar-refractivity contribution in [3.05, 3.63) is 132 Å². The van der Waals surface area contributed by atoms with Crippen molar-refractivity contribution < 1.29 is 51.4 Å². The summed E-state index contributed by atoms with van der Waals surface area (Å²) in [5.41, 5.74) is 12.2. The van der Waals surface area contributed by atoms with E-state index in [1.165, 1.54) is 27.4 Å². The van der Waals surface area contributed by atoms with Crippen molar-refractivity contribution in [2.45, 2.75) is 57.7 Å². The summed E-state index contributed by atoms with van der Waals surface area (Å²) in [4.78, 5) is 69.7. The molecule has 0 aliphatic carbocycles. The van der Waals surface area contributed by atoms with E-state index in [2.05, 4.69) is 10.3 Å². The van der Waals surface area contributed by atoms with Gasteiger partial charge in [-0.1, -0.05) is 91.0 Å². The highest BCUT2D eigenvalue weighted by Crippen LogP contribution is 2.15. The average molecular weight is 836 g/mol. The maximum Gasteiger partial charge on any atom is 0.472 e. The number of nitrogens with one attached hydrogen (secondary N) is 3. The Morgan fingerprint density at radius 1 is 0.650 bits per heavy atom. The molecule has 5 N–H and O–H groups in total. The molecule has 320 valence electrons. The number of carbonyl (C=O) groups is 5. The van der Waals surface area contributed by atoms with Gasteiger partial charge in [0.25, 0.3) is 5.91 Å². The van der Waals surface area contributed by atoms with Gasteiger partial charge < -0.3 is 35.1 Å². The molecule has 4 rings (SSSR count). The maximum atomic E-state index is 13.3. The minimum atomic E-state index is -5.08. The molecule has 1 unspecified atom stereocenters. The molecule has 0 saturated heterocycles. The molecule has 0 aliphatic heterocycles. The van der Waals surface area contributed by atoms with Crippen molar-refractivity contribution in [2.24, 2.45) is 5.73 Å². The summed E-state index contributed by atoms with van der Waals surface area (Å²) in [7, 11) is 0. The SMILES string of the molecule is NC(CCN(CCCCN(CCCNC(=O)c1ccc(NNC(=O)C(F)(F)F)nc1)C(=O)OCc1ccccc1)C(=O)OCc1ccccc1)C(=O)OCc1ccccc1. The van der Waals surface area contributed by atoms with E-state index in [1.54, 1.807) is 0 Å². The topological polar surface area (TPSA) is 195 Å². The lowest BCUT2D eigenvalue weighted by atomic mass is 10.2. The number of nitrogens with zero attached hydrogens (tertiary/aromatic N) is 3. The molecule has 15 nitrogen and oxygen atoms in total. The van der Waals surface area contributed by atoms with Gasteiger partial charge >= 0.3 is 30.2 Å². The number of ether oxygens (including phenoxy) is 3. The highest BCUT2D eigenvalue weighted by Gasteiger charge is 2.38. The highest BCUT2D eigenvalue weighted by molar-refractivity contribution is 5.94. The lowest BCUT2D eigenvalue weighted by molar-refractivity contribution is -0.173. The maximum absolute atomic E-state index is 13.3. The van der Waals surface area contributed by atoms with E-state index >= 15 is 0 Å². The van der Waals surface area contributed by atoms with E-state index in [4.69, 9.17) is 19.9 Å². The van der Waals surface area contributed by atoms with Gasteiger partial charge in [0.2, 0.25) is 0 Å². The molecule has 4 aromatic rings. The normalized spacial score (nSPS) is 11.4. The number of benzene rings is 3. The molecule has 1 heterocycles. The fourth-order valence-electron chi connectivity index (χ4n) is 5.43. The number of hydrazine groups is 1. The van der Waals surface area contributed by atoms with E-state index in [-0.39, 0.29) is 70.3 Å². The predicted molar refractivity (Wildman–Crippen MR) is 213 cm³/mol. The van der Waals surface area contributed by atoms with Crippen LogP contribution in [0.4, 0.5) is 28.6 Å². The minimum absolute atomic E-state index is 0.0414. The summed E-state index contributed by atoms with van der Waals surface area (Å²) in [5.74, 6) is -3.45. The first-order chi connectivity index (χ1) is 28.9. The van der Waals surface area contributed by atoms with Crippen LogP contribution in [0.5, 0.6) is 0 Å². The van der Waals surface area contributed by atoms with Crippen molar-refractivity contribution in [1.82, 2.24) is 25.5 Å². The highest BCUT2D eigenvalue weighted by atomic mass is 19.4. The molecule has 4 amide bonds. The standard InChI is InChI=1S/C42H48F3N7O8/c43-42(44,45)39(55)50-49-36-20-19-34(27-48-36)37(53)47-22-12-25-51(40(56)59-29-32-15-6-2-7-16-32)23-10-11-24-52(41(57)60-30-33-17-8-3-9-18-33)26-21-35(46)38(54)58-28-31-13-4-1-5-14-31/h1-9,13-20,27,35H,10-12,21-26,28-30,46H2,(H,47,53)(H,48,49)(H,50,55). The van der Waals surface area contributed by atoms with Crippen LogP contribution in [0.25, 0.3) is 0 Å². The van der Waals surface area contributed by atoms with Gasteiger partial charge in [0, 0.05) is 38.9 Å². The van der Waals surface area contributed by atoms with E-state index in [1.807, 2.05) is 96.4 Å². The quantitative estimate of drug-likeness (QED) is 0.0327. The van der Waals surface area contributed by atoms with Crippen molar-refractivity contribution in [2.75, 3.05) is 38.1 Å². The van der Waals surface area contributed by atoms with Gasteiger partial charge in [-0.15, -0.1) is 0 Å². The van der Waals surface area contributed by atoms with Crippen molar-refractivity contribution >= 4 is 35.8 Å². The van der Waals surface area contributed by atoms with Crippen molar-refractivity contribution in [3.8, 4) is 0 Å². The Morgan fingerprint density at radius 3 is 1.62 bits per heavy atom. The van der Waals surface area contributed by atoms with Crippen LogP contribution in [0, 0.1) is 0 Å². The van der Waals surface area contributed by atoms with Crippen LogP contribution in [-0.2, 0) is 43.6 Å². The number of pyridine rings is 1. The fourth-order valence-corrected chi connectivity index (χ4v) is 5.43. The number of esters is 1. The van der Waals surface area contributed by atoms with Gasteiger partial charge in [0.15, 0.2) is 0 Å². The number of hydrogen-bond acceptors (Lipinski definition) is 11. The first-order valence-electron chi connectivity index (χ1n) is 19.1. The zero-order chi connectivity index (χ0) is 43.2. The summed E-state index contributed by atoms with van der Waals surface area (Å²) >= 11 is 0. The Morgan fingerprint density at radius 2 is 1.13 bits per heavy atom. The van der Waals surface area contributed by atoms with Crippen molar-refractivity contribution in [1.29, 1.82) is 0 Å². The Bertz CT molecular complexity index is 1940. The number of carbonyl (C=O) groups excluding carboxylic acids is 5. The molecule has 1 atom stereocenters. The lowest BCUT2D eigenvalue weighted by Gasteiger charge is -2.25. The third-order valence-corrected chi connectivity index (χ3v) is 8.75. The molecular weight excluding hydrogens is 787 g/mol. The predicted octanol–water partition coefficient (Wildman–Crippen LogP) is 5.73. The van der Waals surface area contributed by atoms with Gasteiger partial charge in [-0.3, -0.25) is 25.2 Å². The van der Waals surface area contributed by atoms with Crippen molar-refractivity contribution in [3.63, 3.8) is 0 Å². The number of nitrogens with two attached hydrogens (primary N) is 1. The molecule has 0 saturated carbocycles. The summed E-state index contributed by atoms with van der Waals surface area (Å²) in [6, 6.07) is 29.0. The number of alkyl halides is 3. The molecule has 3 aromatic carbocycles. The van der Waals surface area contributed by atoms with Gasteiger partial charge in [-0.25, -0.2) is 14.6 Å². The number of rotatable bonds is 22. The van der Waals surface area contributed by atoms with Crippen LogP contribution in [-0.4, -0.2) is 89.7 Å². The second-order valence-corrected chi connectivity index (χ2v) is 13.4. The fraction of sp³-hybridized carbons (Fsp3) is 0.333. The second-order valence-electron chi connectivity index (χ2n) is 13.4. The smallest absolute Gasteiger partial charge is 0.460 e. The Kier molecular flexibility index (Phi) is 18.6. The minimum Gasteiger partial charge on any atom is -0.460 e. The van der Waals surface area contributed by atoms with Crippen LogP contribution in [0.15, 0.2) is 109 Å². The number of amides is 4. The van der Waals surface area contributed by atoms with E-state index in [0.29, 0.717) is 19.3 Å². The molecular formula is C42H48F3N7O8. The van der Waals surface area contributed by atoms with Gasteiger partial charge in [0.05, 0.1) is 5.56 Å². The number of unbranched alkanes of at least 4 members (excludes halogenated alkanes) is 1. The van der Waals surface area contributed by atoms with E-state index < -0.39 is 42.2 Å². The van der Waals surface area contributed by atoms with Crippen LogP contribution in [0.3, 0.4) is 0 Å². The Balaban J connectivity index is 1.29. The molecule has 60 heavy (non-hydrogen) atoms. The Hall–Kier alpha value is -6.69. The molecule has 0 bridgehead atoms. The number of aromatic nitrogens is 1. The third kappa shape index (κ3) is 16.7. The average Bonchev–Trinajstić information content (AvgIpc) is 3.26. The van der Waals surface area contributed by atoms with Crippen LogP contribution in [0.1, 0.15) is 52.7 Å². The van der Waals surface area contributed by atoms with Gasteiger partial charge in [0.1, 0.15) is 31.7 Å². The van der Waals surface area contributed by atoms with Crippen LogP contribution in [0.2, 0.25) is 0 Å². The monoisotopic (exact) mass is 835 g/mol. The third-order valence-electron chi connectivity index (χ3n) is 8.75. The summed E-state index contributed by atoms with van der Waals surface area (Å²) in [5, 5.41) is 2.71. The van der Waals surface area contributed by atoms with E-state index in [0.717, 1.165) is 22.9 Å². The second kappa shape index (κ2) is 24.3. The summed E-state index contributed by atoms with van der Waals surface area (Å²) < 4.78 is 53.8. The molecule has 0 aliphatic rings. The number of anilines is 1. The van der Waals surface area contributed by atoms with E-state index in [9.17, 15) is 37.1 Å². The first kappa shape index (κ1) is 46.0. The number of halogens is 3. The zero-order valence-corrected chi connectivity index (χ0v) is 32.8. The van der Waals surface area contributed by atoms with Crippen LogP contribution < -0.4 is 21.9 Å². The van der Waals surface area contributed by atoms with Gasteiger partial charge in [-0.2, -0.15) is 13.2 Å². The molecule has 1 aromatic heterocycles. The zero-order valence-electron chi connectivity index (χ0n) is 32.8. The number of hydrogen-bond donors (Lipinski definition) is 4. The first-order valence-corrected chi connectivity index (χ1v) is 19.1. The molecule has 0 radical (unpaired) electrons. The van der Waals surface area contributed by atoms with Crippen LogP contribution >= 0.6 is 0 Å². The lowest BCUT2D eigenvalue weighted by Crippen LogP contribution is -2.40.